The number of hydrogen-bond donors (Lipinski definition) is 1. The van der Waals surface area contributed by atoms with Crippen molar-refractivity contribution < 1.29 is 14.6 Å². The first-order valence-corrected chi connectivity index (χ1v) is 4.88. The van der Waals surface area contributed by atoms with Crippen LogP contribution in [0.3, 0.4) is 0 Å². The lowest BCUT2D eigenvalue weighted by molar-refractivity contribution is -0.143. The van der Waals surface area contributed by atoms with E-state index in [2.05, 4.69) is 0 Å². The Bertz CT molecular complexity index is 145. The van der Waals surface area contributed by atoms with Crippen LogP contribution in [-0.4, -0.2) is 24.3 Å². The zero-order chi connectivity index (χ0) is 10.3. The van der Waals surface area contributed by atoms with Crippen LogP contribution in [0.15, 0.2) is 0 Å². The second-order valence-electron chi connectivity index (χ2n) is 3.48. The highest BCUT2D eigenvalue weighted by molar-refractivity contribution is 5.69. The van der Waals surface area contributed by atoms with Gasteiger partial charge in [-0.1, -0.05) is 13.8 Å². The summed E-state index contributed by atoms with van der Waals surface area (Å²) in [6.45, 7) is 6.46. The first-order chi connectivity index (χ1) is 6.11. The van der Waals surface area contributed by atoms with E-state index < -0.39 is 0 Å². The van der Waals surface area contributed by atoms with Gasteiger partial charge in [-0.3, -0.25) is 4.79 Å². The molecule has 0 amide bonds. The number of carbonyl (C=O) groups is 1. The highest BCUT2D eigenvalue weighted by Crippen LogP contribution is 2.16. The van der Waals surface area contributed by atoms with Crippen LogP contribution in [0.4, 0.5) is 0 Å². The van der Waals surface area contributed by atoms with Crippen LogP contribution < -0.4 is 0 Å². The molecular formula is C10H20O3. The first-order valence-electron chi connectivity index (χ1n) is 4.88. The van der Waals surface area contributed by atoms with Crippen molar-refractivity contribution in [3.8, 4) is 0 Å². The van der Waals surface area contributed by atoms with Crippen molar-refractivity contribution in [2.45, 2.75) is 33.6 Å². The monoisotopic (exact) mass is 188 g/mol. The van der Waals surface area contributed by atoms with Crippen molar-refractivity contribution in [1.82, 2.24) is 0 Å². The Labute approximate surface area is 80.1 Å². The molecule has 0 aromatic heterocycles. The number of rotatable bonds is 6. The smallest absolute Gasteiger partial charge is 0.305 e. The van der Waals surface area contributed by atoms with Crippen LogP contribution in [0.5, 0.6) is 0 Å². The summed E-state index contributed by atoms with van der Waals surface area (Å²) >= 11 is 0. The molecule has 0 saturated heterocycles. The minimum absolute atomic E-state index is 0.139. The summed E-state index contributed by atoms with van der Waals surface area (Å²) < 4.78 is 4.80. The topological polar surface area (TPSA) is 46.5 Å². The van der Waals surface area contributed by atoms with E-state index in [4.69, 9.17) is 9.84 Å². The van der Waals surface area contributed by atoms with Crippen molar-refractivity contribution in [2.24, 2.45) is 11.8 Å². The third-order valence-electron chi connectivity index (χ3n) is 2.37. The molecule has 0 rings (SSSR count). The minimum Gasteiger partial charge on any atom is -0.466 e. The molecule has 3 nitrogen and oxygen atoms in total. The minimum atomic E-state index is -0.139. The zero-order valence-corrected chi connectivity index (χ0v) is 8.75. The maximum absolute atomic E-state index is 11.0. The van der Waals surface area contributed by atoms with E-state index in [9.17, 15) is 4.79 Å². The van der Waals surface area contributed by atoms with Gasteiger partial charge in [0.05, 0.1) is 6.61 Å². The van der Waals surface area contributed by atoms with Gasteiger partial charge >= 0.3 is 5.97 Å². The average Bonchev–Trinajstić information content (AvgIpc) is 2.13. The molecule has 78 valence electrons. The third kappa shape index (κ3) is 5.64. The van der Waals surface area contributed by atoms with Crippen molar-refractivity contribution in [3.63, 3.8) is 0 Å². The molecule has 0 aliphatic heterocycles. The number of esters is 1. The maximum Gasteiger partial charge on any atom is 0.305 e. The standard InChI is InChI=1S/C10H20O3/c1-4-13-10(12)6-5-8(2)9(3)7-11/h8-9,11H,4-7H2,1-3H3/t8-,9-/m0/s1. The number of carbonyl (C=O) groups excluding carboxylic acids is 1. The summed E-state index contributed by atoms with van der Waals surface area (Å²) in [5.74, 6) is 0.489. The van der Waals surface area contributed by atoms with Gasteiger partial charge in [-0.2, -0.15) is 0 Å². The molecule has 0 spiro atoms. The largest absolute Gasteiger partial charge is 0.466 e. The first kappa shape index (κ1) is 12.4. The fourth-order valence-corrected chi connectivity index (χ4v) is 1.04. The molecule has 0 radical (unpaired) electrons. The molecule has 0 bridgehead atoms. The summed E-state index contributed by atoms with van der Waals surface area (Å²) in [6, 6.07) is 0. The van der Waals surface area contributed by atoms with E-state index in [1.807, 2.05) is 13.8 Å². The Morgan fingerprint density at radius 1 is 1.38 bits per heavy atom. The fraction of sp³-hybridized carbons (Fsp3) is 0.900. The lowest BCUT2D eigenvalue weighted by Crippen LogP contribution is -2.14. The molecule has 0 heterocycles. The summed E-state index contributed by atoms with van der Waals surface area (Å²) in [5.41, 5.74) is 0. The van der Waals surface area contributed by atoms with Gasteiger partial charge in [-0.05, 0) is 25.2 Å². The normalized spacial score (nSPS) is 15.1. The second kappa shape index (κ2) is 6.89. The fourth-order valence-electron chi connectivity index (χ4n) is 1.04. The van der Waals surface area contributed by atoms with E-state index in [-0.39, 0.29) is 18.5 Å². The lowest BCUT2D eigenvalue weighted by Gasteiger charge is -2.16. The Hall–Kier alpha value is -0.570. The van der Waals surface area contributed by atoms with Gasteiger partial charge in [-0.15, -0.1) is 0 Å². The Morgan fingerprint density at radius 2 is 2.00 bits per heavy atom. The molecule has 3 heteroatoms. The van der Waals surface area contributed by atoms with Gasteiger partial charge in [0, 0.05) is 13.0 Å². The molecule has 0 aromatic carbocycles. The van der Waals surface area contributed by atoms with Crippen LogP contribution in [0, 0.1) is 11.8 Å². The Morgan fingerprint density at radius 3 is 2.46 bits per heavy atom. The van der Waals surface area contributed by atoms with Gasteiger partial charge in [0.25, 0.3) is 0 Å². The number of hydrogen-bond acceptors (Lipinski definition) is 3. The molecule has 0 aliphatic carbocycles. The molecule has 0 saturated carbocycles. The van der Waals surface area contributed by atoms with Gasteiger partial charge < -0.3 is 9.84 Å². The van der Waals surface area contributed by atoms with Crippen molar-refractivity contribution >= 4 is 5.97 Å². The maximum atomic E-state index is 11.0. The predicted octanol–water partition coefficient (Wildman–Crippen LogP) is 1.59. The summed E-state index contributed by atoms with van der Waals surface area (Å²) in [4.78, 5) is 11.0. The van der Waals surface area contributed by atoms with Crippen LogP contribution in [0.2, 0.25) is 0 Å². The summed E-state index contributed by atoms with van der Waals surface area (Å²) in [7, 11) is 0. The highest BCUT2D eigenvalue weighted by atomic mass is 16.5. The zero-order valence-electron chi connectivity index (χ0n) is 8.75. The molecular weight excluding hydrogens is 168 g/mol. The Kier molecular flexibility index (Phi) is 6.59. The molecule has 1 N–H and O–H groups in total. The molecule has 0 aromatic rings. The molecule has 2 atom stereocenters. The predicted molar refractivity (Wildman–Crippen MR) is 51.3 cm³/mol. The van der Waals surface area contributed by atoms with Gasteiger partial charge in [0.15, 0.2) is 0 Å². The van der Waals surface area contributed by atoms with E-state index in [1.165, 1.54) is 0 Å². The van der Waals surface area contributed by atoms with E-state index >= 15 is 0 Å². The number of aliphatic hydroxyl groups excluding tert-OH is 1. The quantitative estimate of drug-likeness (QED) is 0.644. The summed E-state index contributed by atoms with van der Waals surface area (Å²) in [6.07, 6.45) is 1.25. The Balaban J connectivity index is 3.57. The molecule has 13 heavy (non-hydrogen) atoms. The lowest BCUT2D eigenvalue weighted by atomic mass is 9.92. The van der Waals surface area contributed by atoms with E-state index in [0.717, 1.165) is 6.42 Å². The highest BCUT2D eigenvalue weighted by Gasteiger charge is 2.13. The molecule has 0 fully saturated rings. The van der Waals surface area contributed by atoms with Crippen molar-refractivity contribution in [3.05, 3.63) is 0 Å². The SMILES string of the molecule is CCOC(=O)CC[C@H](C)[C@@H](C)CO. The van der Waals surface area contributed by atoms with Gasteiger partial charge in [0.1, 0.15) is 0 Å². The van der Waals surface area contributed by atoms with Crippen LogP contribution in [-0.2, 0) is 9.53 Å². The second-order valence-corrected chi connectivity index (χ2v) is 3.48. The van der Waals surface area contributed by atoms with E-state index in [1.54, 1.807) is 6.92 Å². The molecule has 0 aliphatic rings. The summed E-state index contributed by atoms with van der Waals surface area (Å²) in [5, 5.41) is 8.86. The van der Waals surface area contributed by atoms with Crippen LogP contribution in [0.1, 0.15) is 33.6 Å². The van der Waals surface area contributed by atoms with Gasteiger partial charge in [0.2, 0.25) is 0 Å². The average molecular weight is 188 g/mol. The third-order valence-corrected chi connectivity index (χ3v) is 2.37. The van der Waals surface area contributed by atoms with Crippen LogP contribution in [0.25, 0.3) is 0 Å². The number of aliphatic hydroxyl groups is 1. The number of ether oxygens (including phenoxy) is 1. The van der Waals surface area contributed by atoms with Crippen molar-refractivity contribution in [2.75, 3.05) is 13.2 Å². The van der Waals surface area contributed by atoms with E-state index in [0.29, 0.717) is 18.9 Å². The van der Waals surface area contributed by atoms with Crippen molar-refractivity contribution in [1.29, 1.82) is 0 Å². The van der Waals surface area contributed by atoms with Gasteiger partial charge in [-0.25, -0.2) is 0 Å². The van der Waals surface area contributed by atoms with Crippen LogP contribution >= 0.6 is 0 Å². The molecule has 0 unspecified atom stereocenters.